The predicted octanol–water partition coefficient (Wildman–Crippen LogP) is 3.95. The number of rotatable bonds is 3. The van der Waals surface area contributed by atoms with E-state index in [1.807, 2.05) is 25.1 Å². The summed E-state index contributed by atoms with van der Waals surface area (Å²) in [7, 11) is 0. The van der Waals surface area contributed by atoms with Gasteiger partial charge in [0.25, 0.3) is 0 Å². The minimum absolute atomic E-state index is 0.350. The molecule has 0 spiro atoms. The highest BCUT2D eigenvalue weighted by molar-refractivity contribution is 7.15. The predicted molar refractivity (Wildman–Crippen MR) is 73.3 cm³/mol. The first-order valence-electron chi connectivity index (χ1n) is 5.52. The molecule has 0 aliphatic rings. The minimum Gasteiger partial charge on any atom is -0.461 e. The Morgan fingerprint density at radius 3 is 2.94 bits per heavy atom. The molecule has 0 aliphatic carbocycles. The molecule has 94 valence electrons. The van der Waals surface area contributed by atoms with E-state index in [1.165, 1.54) is 11.3 Å². The van der Waals surface area contributed by atoms with Crippen molar-refractivity contribution in [2.75, 3.05) is 6.61 Å². The van der Waals surface area contributed by atoms with Gasteiger partial charge in [-0.05, 0) is 26.0 Å². The third-order valence-electron chi connectivity index (χ3n) is 2.34. The van der Waals surface area contributed by atoms with E-state index >= 15 is 0 Å². The van der Waals surface area contributed by atoms with E-state index in [4.69, 9.17) is 16.3 Å². The zero-order valence-electron chi connectivity index (χ0n) is 10.1. The molecular weight excluding hydrogens is 270 g/mol. The van der Waals surface area contributed by atoms with Crippen LogP contribution in [0.1, 0.15) is 22.3 Å². The second-order valence-electron chi connectivity index (χ2n) is 3.65. The van der Waals surface area contributed by atoms with Crippen LogP contribution in [-0.4, -0.2) is 17.6 Å². The van der Waals surface area contributed by atoms with Crippen LogP contribution in [0.3, 0.4) is 0 Å². The topological polar surface area (TPSA) is 39.2 Å². The van der Waals surface area contributed by atoms with Crippen molar-refractivity contribution >= 4 is 28.9 Å². The Balaban J connectivity index is 2.37. The van der Waals surface area contributed by atoms with Gasteiger partial charge < -0.3 is 4.74 Å². The molecule has 3 nitrogen and oxygen atoms in total. The molecule has 0 fully saturated rings. The summed E-state index contributed by atoms with van der Waals surface area (Å²) in [5, 5.41) is 1.43. The quantitative estimate of drug-likeness (QED) is 0.800. The zero-order valence-corrected chi connectivity index (χ0v) is 11.6. The Morgan fingerprint density at radius 1 is 1.50 bits per heavy atom. The number of carbonyl (C=O) groups excluding carboxylic acids is 1. The largest absolute Gasteiger partial charge is 0.461 e. The maximum absolute atomic E-state index is 11.7. The molecule has 0 saturated heterocycles. The number of hydrogen-bond donors (Lipinski definition) is 0. The molecule has 0 unspecified atom stereocenters. The van der Waals surface area contributed by atoms with Crippen LogP contribution in [-0.2, 0) is 4.74 Å². The second-order valence-corrected chi connectivity index (χ2v) is 5.29. The molecule has 0 amide bonds. The number of aryl methyl sites for hydroxylation is 1. The Hall–Kier alpha value is -1.39. The van der Waals surface area contributed by atoms with Crippen LogP contribution in [0.15, 0.2) is 24.3 Å². The minimum atomic E-state index is -0.375. The molecule has 5 heteroatoms. The van der Waals surface area contributed by atoms with Crippen LogP contribution in [0, 0.1) is 6.92 Å². The van der Waals surface area contributed by atoms with Crippen molar-refractivity contribution in [1.29, 1.82) is 0 Å². The molecule has 0 saturated carbocycles. The lowest BCUT2D eigenvalue weighted by atomic mass is 10.2. The summed E-state index contributed by atoms with van der Waals surface area (Å²) < 4.78 is 4.96. The Morgan fingerprint density at radius 2 is 2.28 bits per heavy atom. The van der Waals surface area contributed by atoms with E-state index in [0.29, 0.717) is 17.3 Å². The summed E-state index contributed by atoms with van der Waals surface area (Å²) in [6.45, 7) is 3.98. The smallest absolute Gasteiger partial charge is 0.358 e. The third-order valence-corrected chi connectivity index (χ3v) is 3.59. The van der Waals surface area contributed by atoms with Crippen LogP contribution in [0.4, 0.5) is 0 Å². The first-order chi connectivity index (χ1) is 8.61. The van der Waals surface area contributed by atoms with Crippen LogP contribution in [0.2, 0.25) is 5.02 Å². The van der Waals surface area contributed by atoms with E-state index in [0.717, 1.165) is 15.4 Å². The summed E-state index contributed by atoms with van der Waals surface area (Å²) in [4.78, 5) is 16.8. The van der Waals surface area contributed by atoms with Crippen LogP contribution < -0.4 is 0 Å². The van der Waals surface area contributed by atoms with Gasteiger partial charge in [0.2, 0.25) is 0 Å². The van der Waals surface area contributed by atoms with Crippen LogP contribution in [0.5, 0.6) is 0 Å². The number of aromatic nitrogens is 1. The molecule has 1 aromatic heterocycles. The second kappa shape index (κ2) is 5.50. The number of hydrogen-bond acceptors (Lipinski definition) is 4. The fraction of sp³-hybridized carbons (Fsp3) is 0.231. The maximum Gasteiger partial charge on any atom is 0.358 e. The van der Waals surface area contributed by atoms with E-state index in [1.54, 1.807) is 13.0 Å². The van der Waals surface area contributed by atoms with Crippen molar-refractivity contribution in [2.24, 2.45) is 0 Å². The van der Waals surface area contributed by atoms with Gasteiger partial charge in [-0.15, -0.1) is 11.3 Å². The standard InChI is InChI=1S/C13H12ClNO2S/c1-3-17-13(16)11-8(2)18-12(15-11)9-5-4-6-10(14)7-9/h4-7H,3H2,1-2H3. The molecule has 0 aliphatic heterocycles. The zero-order chi connectivity index (χ0) is 13.1. The summed E-state index contributed by atoms with van der Waals surface area (Å²) in [6.07, 6.45) is 0. The average Bonchev–Trinajstić information content (AvgIpc) is 2.72. The molecule has 0 bridgehead atoms. The molecule has 2 rings (SSSR count). The monoisotopic (exact) mass is 281 g/mol. The molecule has 1 heterocycles. The highest BCUT2D eigenvalue weighted by atomic mass is 35.5. The Labute approximate surface area is 114 Å². The van der Waals surface area contributed by atoms with Gasteiger partial charge in [0, 0.05) is 15.5 Å². The van der Waals surface area contributed by atoms with E-state index in [9.17, 15) is 4.79 Å². The molecule has 0 atom stereocenters. The van der Waals surface area contributed by atoms with Crippen LogP contribution in [0.25, 0.3) is 10.6 Å². The van der Waals surface area contributed by atoms with E-state index in [2.05, 4.69) is 4.98 Å². The van der Waals surface area contributed by atoms with Crippen molar-refractivity contribution in [3.05, 3.63) is 39.9 Å². The number of halogens is 1. The summed E-state index contributed by atoms with van der Waals surface area (Å²) in [6, 6.07) is 7.41. The lowest BCUT2D eigenvalue weighted by Crippen LogP contribution is -2.06. The molecule has 18 heavy (non-hydrogen) atoms. The summed E-state index contributed by atoms with van der Waals surface area (Å²) in [5.41, 5.74) is 1.29. The van der Waals surface area contributed by atoms with Crippen molar-refractivity contribution < 1.29 is 9.53 Å². The van der Waals surface area contributed by atoms with Gasteiger partial charge in [0.15, 0.2) is 5.69 Å². The van der Waals surface area contributed by atoms with Crippen molar-refractivity contribution in [1.82, 2.24) is 4.98 Å². The average molecular weight is 282 g/mol. The Bertz CT molecular complexity index is 580. The molecule has 0 radical (unpaired) electrons. The van der Waals surface area contributed by atoms with Crippen molar-refractivity contribution in [3.8, 4) is 10.6 Å². The van der Waals surface area contributed by atoms with Gasteiger partial charge in [0.05, 0.1) is 6.61 Å². The lowest BCUT2D eigenvalue weighted by molar-refractivity contribution is 0.0519. The fourth-order valence-electron chi connectivity index (χ4n) is 1.53. The van der Waals surface area contributed by atoms with Gasteiger partial charge in [-0.25, -0.2) is 9.78 Å². The van der Waals surface area contributed by atoms with E-state index in [-0.39, 0.29) is 5.97 Å². The Kier molecular flexibility index (Phi) is 3.99. The maximum atomic E-state index is 11.7. The fourth-order valence-corrected chi connectivity index (χ4v) is 2.62. The van der Waals surface area contributed by atoms with Crippen molar-refractivity contribution in [3.63, 3.8) is 0 Å². The van der Waals surface area contributed by atoms with Gasteiger partial charge >= 0.3 is 5.97 Å². The van der Waals surface area contributed by atoms with Gasteiger partial charge in [0.1, 0.15) is 5.01 Å². The number of benzene rings is 1. The highest BCUT2D eigenvalue weighted by Crippen LogP contribution is 2.29. The number of ether oxygens (including phenoxy) is 1. The molecule has 0 N–H and O–H groups in total. The molecular formula is C13H12ClNO2S. The number of esters is 1. The van der Waals surface area contributed by atoms with Gasteiger partial charge in [-0.3, -0.25) is 0 Å². The van der Waals surface area contributed by atoms with Gasteiger partial charge in [-0.1, -0.05) is 23.7 Å². The normalized spacial score (nSPS) is 10.4. The summed E-state index contributed by atoms with van der Waals surface area (Å²) >= 11 is 7.40. The first kappa shape index (κ1) is 13.1. The number of thiazole rings is 1. The SMILES string of the molecule is CCOC(=O)c1nc(-c2cccc(Cl)c2)sc1C. The van der Waals surface area contributed by atoms with Crippen molar-refractivity contribution in [2.45, 2.75) is 13.8 Å². The number of carbonyl (C=O) groups is 1. The van der Waals surface area contributed by atoms with E-state index < -0.39 is 0 Å². The highest BCUT2D eigenvalue weighted by Gasteiger charge is 2.17. The third kappa shape index (κ3) is 2.71. The number of nitrogens with zero attached hydrogens (tertiary/aromatic N) is 1. The van der Waals surface area contributed by atoms with Gasteiger partial charge in [-0.2, -0.15) is 0 Å². The lowest BCUT2D eigenvalue weighted by Gasteiger charge is -1.98. The van der Waals surface area contributed by atoms with Crippen LogP contribution >= 0.6 is 22.9 Å². The molecule has 2 aromatic rings. The summed E-state index contributed by atoms with van der Waals surface area (Å²) in [5.74, 6) is -0.375. The molecule has 1 aromatic carbocycles. The first-order valence-corrected chi connectivity index (χ1v) is 6.71.